The monoisotopic (exact) mass is 374 g/mol. The molecule has 0 radical (unpaired) electrons. The zero-order valence-electron chi connectivity index (χ0n) is 15.5. The first-order chi connectivity index (χ1) is 13.8. The third kappa shape index (κ3) is 4.25. The summed E-state index contributed by atoms with van der Waals surface area (Å²) in [6, 6.07) is 14.1. The Kier molecular flexibility index (Phi) is 5.42. The van der Waals surface area contributed by atoms with Gasteiger partial charge in [0, 0.05) is 63.2 Å². The minimum absolute atomic E-state index is 0.0200. The Hall–Kier alpha value is -3.48. The number of aromatic nitrogens is 3. The lowest BCUT2D eigenvalue weighted by Crippen LogP contribution is -2.48. The fourth-order valence-corrected chi connectivity index (χ4v) is 3.20. The highest BCUT2D eigenvalue weighted by Gasteiger charge is 2.22. The van der Waals surface area contributed by atoms with Gasteiger partial charge in [-0.3, -0.25) is 9.78 Å². The number of rotatable bonds is 5. The molecule has 3 aromatic rings. The van der Waals surface area contributed by atoms with Gasteiger partial charge in [-0.05, 0) is 29.8 Å². The van der Waals surface area contributed by atoms with Crippen LogP contribution in [0.25, 0.3) is 0 Å². The first-order valence-electron chi connectivity index (χ1n) is 9.34. The van der Waals surface area contributed by atoms with Gasteiger partial charge in [0.05, 0.1) is 5.56 Å². The summed E-state index contributed by atoms with van der Waals surface area (Å²) in [6.07, 6.45) is 6.68. The molecule has 1 aromatic carbocycles. The summed E-state index contributed by atoms with van der Waals surface area (Å²) in [4.78, 5) is 29.4. The van der Waals surface area contributed by atoms with E-state index in [-0.39, 0.29) is 5.91 Å². The first-order valence-corrected chi connectivity index (χ1v) is 9.34. The van der Waals surface area contributed by atoms with Gasteiger partial charge in [0.2, 0.25) is 5.95 Å². The SMILES string of the molecule is O=C(c1cnc(NCc2ccncc2)nc1)N1CCN(c2ccccc2)CC1. The van der Waals surface area contributed by atoms with Gasteiger partial charge in [-0.25, -0.2) is 9.97 Å². The molecule has 0 bridgehead atoms. The number of carbonyl (C=O) groups is 1. The Morgan fingerprint density at radius 3 is 2.29 bits per heavy atom. The Balaban J connectivity index is 1.31. The predicted octanol–water partition coefficient (Wildman–Crippen LogP) is 2.45. The standard InChI is InChI=1S/C21H22N6O/c28-20(27-12-10-26(11-13-27)19-4-2-1-3-5-19)18-15-24-21(25-16-18)23-14-17-6-8-22-9-7-17/h1-9,15-16H,10-14H2,(H,23,24,25). The molecule has 4 rings (SSSR count). The molecule has 1 aliphatic rings. The van der Waals surface area contributed by atoms with E-state index >= 15 is 0 Å². The molecule has 2 aromatic heterocycles. The van der Waals surface area contributed by atoms with Gasteiger partial charge >= 0.3 is 0 Å². The lowest BCUT2D eigenvalue weighted by molar-refractivity contribution is 0.0746. The molecule has 0 atom stereocenters. The molecular weight excluding hydrogens is 352 g/mol. The molecular formula is C21H22N6O. The number of hydrogen-bond donors (Lipinski definition) is 1. The zero-order valence-corrected chi connectivity index (χ0v) is 15.5. The molecule has 28 heavy (non-hydrogen) atoms. The predicted molar refractivity (Wildman–Crippen MR) is 108 cm³/mol. The van der Waals surface area contributed by atoms with Crippen LogP contribution in [-0.2, 0) is 6.54 Å². The van der Waals surface area contributed by atoms with Crippen molar-refractivity contribution in [3.8, 4) is 0 Å². The molecule has 1 fully saturated rings. The van der Waals surface area contributed by atoms with Gasteiger partial charge < -0.3 is 15.1 Å². The van der Waals surface area contributed by atoms with Crippen molar-refractivity contribution in [2.24, 2.45) is 0 Å². The minimum Gasteiger partial charge on any atom is -0.368 e. The van der Waals surface area contributed by atoms with Crippen LogP contribution < -0.4 is 10.2 Å². The number of nitrogens with zero attached hydrogens (tertiary/aromatic N) is 5. The van der Waals surface area contributed by atoms with Crippen molar-refractivity contribution in [3.05, 3.63) is 78.4 Å². The normalized spacial score (nSPS) is 14.0. The number of para-hydroxylation sites is 1. The molecule has 1 N–H and O–H groups in total. The highest BCUT2D eigenvalue weighted by molar-refractivity contribution is 5.93. The van der Waals surface area contributed by atoms with Crippen molar-refractivity contribution in [2.45, 2.75) is 6.54 Å². The van der Waals surface area contributed by atoms with Crippen LogP contribution in [0.1, 0.15) is 15.9 Å². The van der Waals surface area contributed by atoms with Crippen LogP contribution in [0.4, 0.5) is 11.6 Å². The van der Waals surface area contributed by atoms with E-state index in [0.29, 0.717) is 31.1 Å². The quantitative estimate of drug-likeness (QED) is 0.739. The third-order valence-corrected chi connectivity index (χ3v) is 4.79. The topological polar surface area (TPSA) is 74.2 Å². The fraction of sp³-hybridized carbons (Fsp3) is 0.238. The number of anilines is 2. The van der Waals surface area contributed by atoms with E-state index in [4.69, 9.17) is 0 Å². The number of carbonyl (C=O) groups excluding carboxylic acids is 1. The summed E-state index contributed by atoms with van der Waals surface area (Å²) >= 11 is 0. The summed E-state index contributed by atoms with van der Waals surface area (Å²) in [6.45, 7) is 3.63. The summed E-state index contributed by atoms with van der Waals surface area (Å²) in [5.41, 5.74) is 2.81. The molecule has 0 saturated carbocycles. The minimum atomic E-state index is -0.0200. The van der Waals surface area contributed by atoms with E-state index in [9.17, 15) is 4.79 Å². The third-order valence-electron chi connectivity index (χ3n) is 4.79. The second kappa shape index (κ2) is 8.47. The fourth-order valence-electron chi connectivity index (χ4n) is 3.20. The van der Waals surface area contributed by atoms with Crippen LogP contribution in [0, 0.1) is 0 Å². The van der Waals surface area contributed by atoms with E-state index in [1.807, 2.05) is 35.2 Å². The van der Waals surface area contributed by atoms with E-state index in [1.165, 1.54) is 5.69 Å². The van der Waals surface area contributed by atoms with Crippen molar-refractivity contribution in [1.29, 1.82) is 0 Å². The highest BCUT2D eigenvalue weighted by Crippen LogP contribution is 2.16. The second-order valence-corrected chi connectivity index (χ2v) is 6.62. The first kappa shape index (κ1) is 17.9. The highest BCUT2D eigenvalue weighted by atomic mass is 16.2. The Bertz CT molecular complexity index is 893. The van der Waals surface area contributed by atoms with Crippen LogP contribution in [0.15, 0.2) is 67.3 Å². The Morgan fingerprint density at radius 2 is 1.61 bits per heavy atom. The number of amides is 1. The van der Waals surface area contributed by atoms with Crippen LogP contribution >= 0.6 is 0 Å². The van der Waals surface area contributed by atoms with E-state index in [2.05, 4.69) is 37.3 Å². The van der Waals surface area contributed by atoms with E-state index in [1.54, 1.807) is 24.8 Å². The Morgan fingerprint density at radius 1 is 0.929 bits per heavy atom. The number of piperazine rings is 1. The van der Waals surface area contributed by atoms with Gasteiger partial charge in [-0.15, -0.1) is 0 Å². The maximum absolute atomic E-state index is 12.7. The molecule has 1 amide bonds. The molecule has 1 aliphatic heterocycles. The molecule has 142 valence electrons. The smallest absolute Gasteiger partial charge is 0.257 e. The molecule has 0 spiro atoms. The summed E-state index contributed by atoms with van der Waals surface area (Å²) in [5.74, 6) is 0.482. The number of nitrogens with one attached hydrogen (secondary N) is 1. The average Bonchev–Trinajstić information content (AvgIpc) is 2.79. The average molecular weight is 374 g/mol. The molecule has 0 aliphatic carbocycles. The van der Waals surface area contributed by atoms with Crippen LogP contribution in [0.3, 0.4) is 0 Å². The van der Waals surface area contributed by atoms with Crippen molar-refractivity contribution in [2.75, 3.05) is 36.4 Å². The maximum atomic E-state index is 12.7. The number of benzene rings is 1. The van der Waals surface area contributed by atoms with Gasteiger partial charge in [0.25, 0.3) is 5.91 Å². The van der Waals surface area contributed by atoms with E-state index in [0.717, 1.165) is 18.7 Å². The van der Waals surface area contributed by atoms with Gasteiger partial charge in [-0.2, -0.15) is 0 Å². The molecule has 7 nitrogen and oxygen atoms in total. The van der Waals surface area contributed by atoms with Gasteiger partial charge in [0.1, 0.15) is 0 Å². The van der Waals surface area contributed by atoms with E-state index < -0.39 is 0 Å². The molecule has 3 heterocycles. The lowest BCUT2D eigenvalue weighted by Gasteiger charge is -2.36. The zero-order chi connectivity index (χ0) is 19.2. The summed E-state index contributed by atoms with van der Waals surface area (Å²) in [5, 5.41) is 3.15. The molecule has 7 heteroatoms. The van der Waals surface area contributed by atoms with Crippen molar-refractivity contribution < 1.29 is 4.79 Å². The number of pyridine rings is 1. The Labute approximate surface area is 164 Å². The molecule has 1 saturated heterocycles. The summed E-state index contributed by atoms with van der Waals surface area (Å²) in [7, 11) is 0. The number of hydrogen-bond acceptors (Lipinski definition) is 6. The van der Waals surface area contributed by atoms with Crippen LogP contribution in [0.2, 0.25) is 0 Å². The van der Waals surface area contributed by atoms with Crippen molar-refractivity contribution in [3.63, 3.8) is 0 Å². The van der Waals surface area contributed by atoms with Crippen molar-refractivity contribution in [1.82, 2.24) is 19.9 Å². The van der Waals surface area contributed by atoms with Gasteiger partial charge in [-0.1, -0.05) is 18.2 Å². The maximum Gasteiger partial charge on any atom is 0.257 e. The molecule has 0 unspecified atom stereocenters. The summed E-state index contributed by atoms with van der Waals surface area (Å²) < 4.78 is 0. The van der Waals surface area contributed by atoms with Gasteiger partial charge in [0.15, 0.2) is 0 Å². The largest absolute Gasteiger partial charge is 0.368 e. The lowest BCUT2D eigenvalue weighted by atomic mass is 10.2. The van der Waals surface area contributed by atoms with Crippen LogP contribution in [0.5, 0.6) is 0 Å². The second-order valence-electron chi connectivity index (χ2n) is 6.62. The van der Waals surface area contributed by atoms with Crippen LogP contribution in [-0.4, -0.2) is 51.9 Å². The van der Waals surface area contributed by atoms with Crippen molar-refractivity contribution >= 4 is 17.5 Å².